The van der Waals surface area contributed by atoms with Crippen LogP contribution in [0.25, 0.3) is 0 Å². The van der Waals surface area contributed by atoms with Gasteiger partial charge in [0.15, 0.2) is 0 Å². The Morgan fingerprint density at radius 2 is 2.24 bits per heavy atom. The molecule has 0 amide bonds. The highest BCUT2D eigenvalue weighted by Gasteiger charge is 2.22. The van der Waals surface area contributed by atoms with Gasteiger partial charge in [0, 0.05) is 0 Å². The second-order valence-electron chi connectivity index (χ2n) is 5.25. The third-order valence-corrected chi connectivity index (χ3v) is 3.55. The minimum Gasteiger partial charge on any atom is -0.489 e. The molecule has 0 saturated heterocycles. The minimum absolute atomic E-state index is 0.206. The van der Waals surface area contributed by atoms with Crippen molar-refractivity contribution in [3.05, 3.63) is 18.2 Å². The lowest BCUT2D eigenvalue weighted by molar-refractivity contribution is -0.142. The molecule has 1 heterocycles. The van der Waals surface area contributed by atoms with Crippen molar-refractivity contribution in [3.63, 3.8) is 0 Å². The van der Waals surface area contributed by atoms with Crippen LogP contribution in [0.2, 0.25) is 0 Å². The molecule has 5 heteroatoms. The quantitative estimate of drug-likeness (QED) is 0.475. The number of unbranched alkanes of at least 4 members (excludes halogenated alkanes) is 3. The zero-order chi connectivity index (χ0) is 15.1. The fourth-order valence-corrected chi connectivity index (χ4v) is 2.45. The maximum absolute atomic E-state index is 11.9. The molecule has 2 N–H and O–H groups in total. The summed E-state index contributed by atoms with van der Waals surface area (Å²) in [7, 11) is 0. The molecular formula is C16H24N2O3. The smallest absolute Gasteiger partial charge is 0.325 e. The first-order valence-electron chi connectivity index (χ1n) is 7.64. The number of ether oxygens (including phenoxy) is 2. The monoisotopic (exact) mass is 292 g/mol. The van der Waals surface area contributed by atoms with E-state index >= 15 is 0 Å². The van der Waals surface area contributed by atoms with Gasteiger partial charge in [-0.1, -0.05) is 32.3 Å². The molecule has 0 bridgehead atoms. The number of carbonyl (C=O) groups is 1. The zero-order valence-corrected chi connectivity index (χ0v) is 12.6. The maximum atomic E-state index is 11.9. The molecule has 1 aromatic rings. The molecule has 0 fully saturated rings. The molecule has 2 rings (SSSR count). The van der Waals surface area contributed by atoms with Gasteiger partial charge in [-0.3, -0.25) is 4.79 Å². The van der Waals surface area contributed by atoms with E-state index < -0.39 is 0 Å². The number of benzene rings is 1. The van der Waals surface area contributed by atoms with Crippen molar-refractivity contribution < 1.29 is 14.3 Å². The van der Waals surface area contributed by atoms with Gasteiger partial charge >= 0.3 is 5.97 Å². The Balaban J connectivity index is 1.85. The predicted molar refractivity (Wildman–Crippen MR) is 83.7 cm³/mol. The summed E-state index contributed by atoms with van der Waals surface area (Å²) in [6.45, 7) is 4.08. The normalized spacial score (nSPS) is 13.5. The molecule has 1 aromatic carbocycles. The number of hydrogen-bond donors (Lipinski definition) is 1. The van der Waals surface area contributed by atoms with E-state index in [1.165, 1.54) is 12.8 Å². The van der Waals surface area contributed by atoms with Crippen LogP contribution in [0.15, 0.2) is 18.2 Å². The SMILES string of the molecule is CCCCCCOC(=O)CN1CCOc2cccc(N)c21. The standard InChI is InChI=1S/C16H24N2O3/c1-2-3-4-5-10-21-15(19)12-18-9-11-20-14-8-6-7-13(17)16(14)18/h6-8H,2-5,9-12,17H2,1H3. The van der Waals surface area contributed by atoms with Crippen LogP contribution in [0.5, 0.6) is 5.75 Å². The average molecular weight is 292 g/mol. The molecule has 0 aliphatic carbocycles. The molecule has 0 aromatic heterocycles. The van der Waals surface area contributed by atoms with Crippen LogP contribution >= 0.6 is 0 Å². The van der Waals surface area contributed by atoms with Crippen molar-refractivity contribution in [2.45, 2.75) is 32.6 Å². The van der Waals surface area contributed by atoms with Crippen molar-refractivity contribution >= 4 is 17.3 Å². The number of nitrogens with zero attached hydrogens (tertiary/aromatic N) is 1. The lowest BCUT2D eigenvalue weighted by Crippen LogP contribution is -2.38. The Kier molecular flexibility index (Phi) is 5.72. The minimum atomic E-state index is -0.206. The number of para-hydroxylation sites is 1. The van der Waals surface area contributed by atoms with Crippen molar-refractivity contribution in [3.8, 4) is 5.75 Å². The Hall–Kier alpha value is -1.91. The number of anilines is 2. The molecule has 5 nitrogen and oxygen atoms in total. The van der Waals surface area contributed by atoms with Crippen molar-refractivity contribution in [1.82, 2.24) is 0 Å². The second-order valence-corrected chi connectivity index (χ2v) is 5.25. The predicted octanol–water partition coefficient (Wildman–Crippen LogP) is 2.59. The first kappa shape index (κ1) is 15.5. The van der Waals surface area contributed by atoms with Gasteiger partial charge in [-0.25, -0.2) is 0 Å². The van der Waals surface area contributed by atoms with E-state index in [1.54, 1.807) is 0 Å². The summed E-state index contributed by atoms with van der Waals surface area (Å²) in [5.74, 6) is 0.527. The lowest BCUT2D eigenvalue weighted by atomic mass is 10.2. The van der Waals surface area contributed by atoms with Gasteiger partial charge < -0.3 is 20.1 Å². The zero-order valence-electron chi connectivity index (χ0n) is 12.6. The highest BCUT2D eigenvalue weighted by molar-refractivity contribution is 5.82. The number of carbonyl (C=O) groups excluding carboxylic acids is 1. The van der Waals surface area contributed by atoms with E-state index in [0.717, 1.165) is 24.3 Å². The molecule has 0 radical (unpaired) electrons. The summed E-state index contributed by atoms with van der Waals surface area (Å²) in [5.41, 5.74) is 7.41. The number of esters is 1. The third kappa shape index (κ3) is 4.28. The van der Waals surface area contributed by atoms with Crippen LogP contribution in [0.1, 0.15) is 32.6 Å². The van der Waals surface area contributed by atoms with Crippen LogP contribution in [-0.2, 0) is 9.53 Å². The molecule has 1 aliphatic heterocycles. The second kappa shape index (κ2) is 7.76. The van der Waals surface area contributed by atoms with Crippen LogP contribution in [0.3, 0.4) is 0 Å². The van der Waals surface area contributed by atoms with Gasteiger partial charge in [-0.05, 0) is 18.6 Å². The summed E-state index contributed by atoms with van der Waals surface area (Å²) >= 11 is 0. The first-order valence-corrected chi connectivity index (χ1v) is 7.64. The van der Waals surface area contributed by atoms with Gasteiger partial charge in [0.25, 0.3) is 0 Å². The summed E-state index contributed by atoms with van der Waals surface area (Å²) in [4.78, 5) is 13.9. The van der Waals surface area contributed by atoms with Gasteiger partial charge in [0.1, 0.15) is 24.6 Å². The molecule has 116 valence electrons. The van der Waals surface area contributed by atoms with Crippen LogP contribution < -0.4 is 15.4 Å². The highest BCUT2D eigenvalue weighted by atomic mass is 16.5. The van der Waals surface area contributed by atoms with E-state index in [1.807, 2.05) is 23.1 Å². The lowest BCUT2D eigenvalue weighted by Gasteiger charge is -2.31. The number of rotatable bonds is 7. The molecule has 0 saturated carbocycles. The van der Waals surface area contributed by atoms with Crippen molar-refractivity contribution in [1.29, 1.82) is 0 Å². The number of fused-ring (bicyclic) bond motifs is 1. The molecular weight excluding hydrogens is 268 g/mol. The average Bonchev–Trinajstić information content (AvgIpc) is 2.47. The topological polar surface area (TPSA) is 64.8 Å². The van der Waals surface area contributed by atoms with Gasteiger partial charge in [0.05, 0.1) is 18.8 Å². The Labute approximate surface area is 126 Å². The van der Waals surface area contributed by atoms with E-state index in [0.29, 0.717) is 25.4 Å². The number of nitrogen functional groups attached to an aromatic ring is 1. The van der Waals surface area contributed by atoms with E-state index in [2.05, 4.69) is 6.92 Å². The van der Waals surface area contributed by atoms with Crippen molar-refractivity contribution in [2.75, 3.05) is 36.9 Å². The van der Waals surface area contributed by atoms with Gasteiger partial charge in [-0.15, -0.1) is 0 Å². The van der Waals surface area contributed by atoms with Gasteiger partial charge in [0.2, 0.25) is 0 Å². The van der Waals surface area contributed by atoms with E-state index in [-0.39, 0.29) is 12.5 Å². The van der Waals surface area contributed by atoms with Crippen molar-refractivity contribution in [2.24, 2.45) is 0 Å². The molecule has 0 atom stereocenters. The summed E-state index contributed by atoms with van der Waals surface area (Å²) in [5, 5.41) is 0. The van der Waals surface area contributed by atoms with E-state index in [9.17, 15) is 4.79 Å². The number of hydrogen-bond acceptors (Lipinski definition) is 5. The molecule has 21 heavy (non-hydrogen) atoms. The Morgan fingerprint density at radius 3 is 3.05 bits per heavy atom. The van der Waals surface area contributed by atoms with E-state index in [4.69, 9.17) is 15.2 Å². The summed E-state index contributed by atoms with van der Waals surface area (Å²) < 4.78 is 10.9. The Morgan fingerprint density at radius 1 is 1.38 bits per heavy atom. The largest absolute Gasteiger partial charge is 0.489 e. The molecule has 0 spiro atoms. The fraction of sp³-hybridized carbons (Fsp3) is 0.562. The van der Waals surface area contributed by atoms with Crippen LogP contribution in [0.4, 0.5) is 11.4 Å². The highest BCUT2D eigenvalue weighted by Crippen LogP contribution is 2.36. The Bertz CT molecular complexity index is 477. The fourth-order valence-electron chi connectivity index (χ4n) is 2.45. The summed E-state index contributed by atoms with van der Waals surface area (Å²) in [6.07, 6.45) is 4.40. The van der Waals surface area contributed by atoms with Gasteiger partial charge in [-0.2, -0.15) is 0 Å². The first-order chi connectivity index (χ1) is 10.2. The molecule has 1 aliphatic rings. The molecule has 0 unspecified atom stereocenters. The third-order valence-electron chi connectivity index (χ3n) is 3.55. The maximum Gasteiger partial charge on any atom is 0.325 e. The summed E-state index contributed by atoms with van der Waals surface area (Å²) in [6, 6.07) is 5.54. The number of nitrogens with two attached hydrogens (primary N) is 1. The van der Waals surface area contributed by atoms with Crippen LogP contribution in [0, 0.1) is 0 Å². The van der Waals surface area contributed by atoms with Crippen LogP contribution in [-0.4, -0.2) is 32.3 Å².